The molecule has 6 nitrogen and oxygen atoms in total. The van der Waals surface area contributed by atoms with E-state index in [1.54, 1.807) is 36.7 Å². The van der Waals surface area contributed by atoms with Crippen molar-refractivity contribution in [2.45, 2.75) is 0 Å². The number of amides is 1. The number of anilines is 1. The number of hydrogen-bond donors (Lipinski definition) is 1. The summed E-state index contributed by atoms with van der Waals surface area (Å²) in [6.45, 7) is 5.14. The molecule has 24 heavy (non-hydrogen) atoms. The molecule has 1 fully saturated rings. The predicted octanol–water partition coefficient (Wildman–Crippen LogP) is 1.68. The maximum absolute atomic E-state index is 12.0. The van der Waals surface area contributed by atoms with Gasteiger partial charge in [-0.1, -0.05) is 11.6 Å². The lowest BCUT2D eigenvalue weighted by atomic mass is 10.2. The highest BCUT2D eigenvalue weighted by molar-refractivity contribution is 6.30. The number of nitrogens with one attached hydrogen (secondary N) is 1. The van der Waals surface area contributed by atoms with Gasteiger partial charge in [0, 0.05) is 62.2 Å². The maximum atomic E-state index is 12.0. The van der Waals surface area contributed by atoms with E-state index in [9.17, 15) is 4.79 Å². The number of rotatable bonds is 5. The summed E-state index contributed by atoms with van der Waals surface area (Å²) in [6, 6.07) is 8.73. The number of benzene rings is 1. The van der Waals surface area contributed by atoms with Gasteiger partial charge in [-0.05, 0) is 30.3 Å². The predicted molar refractivity (Wildman–Crippen MR) is 94.5 cm³/mol. The SMILES string of the molecule is O=C(NCCN1CCN(c2ncccn2)CC1)c1ccc(Cl)cc1. The van der Waals surface area contributed by atoms with E-state index >= 15 is 0 Å². The molecule has 2 aromatic rings. The molecule has 1 aromatic carbocycles. The molecule has 3 rings (SSSR count). The lowest BCUT2D eigenvalue weighted by Crippen LogP contribution is -2.49. The summed E-state index contributed by atoms with van der Waals surface area (Å²) in [5.41, 5.74) is 0.630. The highest BCUT2D eigenvalue weighted by Crippen LogP contribution is 2.10. The van der Waals surface area contributed by atoms with Crippen LogP contribution in [0.15, 0.2) is 42.7 Å². The molecule has 1 amide bonds. The zero-order valence-corrected chi connectivity index (χ0v) is 14.1. The molecule has 0 saturated carbocycles. The quantitative estimate of drug-likeness (QED) is 0.893. The molecule has 1 aromatic heterocycles. The van der Waals surface area contributed by atoms with Crippen molar-refractivity contribution in [3.05, 3.63) is 53.3 Å². The van der Waals surface area contributed by atoms with Crippen molar-refractivity contribution in [3.63, 3.8) is 0 Å². The summed E-state index contributed by atoms with van der Waals surface area (Å²) >= 11 is 5.83. The third-order valence-electron chi connectivity index (χ3n) is 4.03. The van der Waals surface area contributed by atoms with Crippen molar-refractivity contribution in [1.29, 1.82) is 0 Å². The van der Waals surface area contributed by atoms with Crippen LogP contribution in [0.5, 0.6) is 0 Å². The van der Waals surface area contributed by atoms with E-state index in [4.69, 9.17) is 11.6 Å². The maximum Gasteiger partial charge on any atom is 0.251 e. The Kier molecular flexibility index (Phi) is 5.61. The van der Waals surface area contributed by atoms with Gasteiger partial charge in [-0.15, -0.1) is 0 Å². The van der Waals surface area contributed by atoms with Crippen molar-refractivity contribution < 1.29 is 4.79 Å². The summed E-state index contributed by atoms with van der Waals surface area (Å²) < 4.78 is 0. The molecule has 0 spiro atoms. The number of nitrogens with zero attached hydrogens (tertiary/aromatic N) is 4. The molecule has 1 aliphatic rings. The van der Waals surface area contributed by atoms with Crippen molar-refractivity contribution >= 4 is 23.5 Å². The lowest BCUT2D eigenvalue weighted by Gasteiger charge is -2.34. The molecule has 2 heterocycles. The van der Waals surface area contributed by atoms with Crippen LogP contribution in [-0.2, 0) is 0 Å². The number of piperazine rings is 1. The van der Waals surface area contributed by atoms with Gasteiger partial charge in [0.1, 0.15) is 0 Å². The van der Waals surface area contributed by atoms with E-state index in [2.05, 4.69) is 25.1 Å². The van der Waals surface area contributed by atoms with Crippen molar-refractivity contribution in [2.24, 2.45) is 0 Å². The molecule has 0 atom stereocenters. The number of carbonyl (C=O) groups excluding carboxylic acids is 1. The Morgan fingerprint density at radius 1 is 1.08 bits per heavy atom. The van der Waals surface area contributed by atoms with Gasteiger partial charge >= 0.3 is 0 Å². The molecular formula is C17H20ClN5O. The van der Waals surface area contributed by atoms with E-state index in [0.717, 1.165) is 38.7 Å². The van der Waals surface area contributed by atoms with Gasteiger partial charge in [-0.25, -0.2) is 9.97 Å². The summed E-state index contributed by atoms with van der Waals surface area (Å²) in [5.74, 6) is 0.719. The Morgan fingerprint density at radius 3 is 2.42 bits per heavy atom. The minimum atomic E-state index is -0.0667. The second-order valence-electron chi connectivity index (χ2n) is 5.64. The first-order valence-corrected chi connectivity index (χ1v) is 8.38. The minimum absolute atomic E-state index is 0.0667. The second-order valence-corrected chi connectivity index (χ2v) is 6.08. The van der Waals surface area contributed by atoms with Crippen LogP contribution in [0.25, 0.3) is 0 Å². The molecule has 126 valence electrons. The summed E-state index contributed by atoms with van der Waals surface area (Å²) in [7, 11) is 0. The molecular weight excluding hydrogens is 326 g/mol. The number of hydrogen-bond acceptors (Lipinski definition) is 5. The van der Waals surface area contributed by atoms with E-state index in [1.165, 1.54) is 0 Å². The largest absolute Gasteiger partial charge is 0.351 e. The Hall–Kier alpha value is -2.18. The summed E-state index contributed by atoms with van der Waals surface area (Å²) in [5, 5.41) is 3.58. The molecule has 1 N–H and O–H groups in total. The first kappa shape index (κ1) is 16.7. The van der Waals surface area contributed by atoms with Crippen LogP contribution in [0, 0.1) is 0 Å². The molecule has 0 radical (unpaired) electrons. The van der Waals surface area contributed by atoms with Gasteiger partial charge < -0.3 is 10.2 Å². The van der Waals surface area contributed by atoms with Gasteiger partial charge in [0.25, 0.3) is 5.91 Å². The average Bonchev–Trinajstić information content (AvgIpc) is 2.63. The molecule has 1 aliphatic heterocycles. The first-order chi connectivity index (χ1) is 11.7. The van der Waals surface area contributed by atoms with Crippen LogP contribution in [0.2, 0.25) is 5.02 Å². The Morgan fingerprint density at radius 2 is 1.75 bits per heavy atom. The Labute approximate surface area is 146 Å². The summed E-state index contributed by atoms with van der Waals surface area (Å²) in [6.07, 6.45) is 3.53. The van der Waals surface area contributed by atoms with Gasteiger partial charge in [0.05, 0.1) is 0 Å². The number of aromatic nitrogens is 2. The molecule has 1 saturated heterocycles. The van der Waals surface area contributed by atoms with Crippen LogP contribution in [0.3, 0.4) is 0 Å². The zero-order valence-electron chi connectivity index (χ0n) is 13.4. The zero-order chi connectivity index (χ0) is 16.8. The van der Waals surface area contributed by atoms with E-state index in [1.807, 2.05) is 6.07 Å². The first-order valence-electron chi connectivity index (χ1n) is 8.00. The van der Waals surface area contributed by atoms with Crippen LogP contribution in [0.1, 0.15) is 10.4 Å². The topological polar surface area (TPSA) is 61.4 Å². The van der Waals surface area contributed by atoms with Crippen LogP contribution in [0.4, 0.5) is 5.95 Å². The fourth-order valence-corrected chi connectivity index (χ4v) is 2.78. The van der Waals surface area contributed by atoms with Gasteiger partial charge in [0.2, 0.25) is 5.95 Å². The third kappa shape index (κ3) is 4.43. The normalized spacial score (nSPS) is 15.3. The Bertz CT molecular complexity index is 656. The van der Waals surface area contributed by atoms with Crippen molar-refractivity contribution in [3.8, 4) is 0 Å². The highest BCUT2D eigenvalue weighted by Gasteiger charge is 2.18. The fraction of sp³-hybridized carbons (Fsp3) is 0.353. The summed E-state index contributed by atoms with van der Waals surface area (Å²) in [4.78, 5) is 25.1. The van der Waals surface area contributed by atoms with E-state index in [0.29, 0.717) is 17.1 Å². The Balaban J connectivity index is 1.39. The monoisotopic (exact) mass is 345 g/mol. The van der Waals surface area contributed by atoms with Gasteiger partial charge in [0.15, 0.2) is 0 Å². The van der Waals surface area contributed by atoms with Crippen LogP contribution >= 0.6 is 11.6 Å². The van der Waals surface area contributed by atoms with Crippen LogP contribution in [-0.4, -0.2) is 60.0 Å². The third-order valence-corrected chi connectivity index (χ3v) is 4.28. The lowest BCUT2D eigenvalue weighted by molar-refractivity contribution is 0.0948. The molecule has 0 unspecified atom stereocenters. The fourth-order valence-electron chi connectivity index (χ4n) is 2.66. The number of carbonyl (C=O) groups is 1. The van der Waals surface area contributed by atoms with Gasteiger partial charge in [-0.2, -0.15) is 0 Å². The van der Waals surface area contributed by atoms with E-state index < -0.39 is 0 Å². The van der Waals surface area contributed by atoms with Crippen molar-refractivity contribution in [2.75, 3.05) is 44.2 Å². The van der Waals surface area contributed by atoms with Crippen LogP contribution < -0.4 is 10.2 Å². The standard InChI is InChI=1S/C17H20ClN5O/c18-15-4-2-14(3-5-15)16(24)19-8-9-22-10-12-23(13-11-22)17-20-6-1-7-21-17/h1-7H,8-13H2,(H,19,24). The molecule has 7 heteroatoms. The molecule has 0 aliphatic carbocycles. The second kappa shape index (κ2) is 8.08. The minimum Gasteiger partial charge on any atom is -0.351 e. The van der Waals surface area contributed by atoms with Crippen molar-refractivity contribution in [1.82, 2.24) is 20.2 Å². The van der Waals surface area contributed by atoms with E-state index in [-0.39, 0.29) is 5.91 Å². The smallest absolute Gasteiger partial charge is 0.251 e. The van der Waals surface area contributed by atoms with Gasteiger partial charge in [-0.3, -0.25) is 9.69 Å². The average molecular weight is 346 g/mol. The molecule has 0 bridgehead atoms. The highest BCUT2D eigenvalue weighted by atomic mass is 35.5. The number of halogens is 1.